The third kappa shape index (κ3) is 2.99. The van der Waals surface area contributed by atoms with Gasteiger partial charge in [0.05, 0.1) is 9.47 Å². The first-order chi connectivity index (χ1) is 9.20. The Balaban J connectivity index is 2.43. The highest BCUT2D eigenvalue weighted by atomic mass is 79.9. The van der Waals surface area contributed by atoms with E-state index < -0.39 is 10.0 Å². The summed E-state index contributed by atoms with van der Waals surface area (Å²) in [7, 11) is -3.59. The standard InChI is InChI=1S/C13H15BrN2O2S2/c1-7-5-11(8(2)4-10(7)15)16-20(17,18)12-6-13(14)19-9(12)3/h4-6,16H,15H2,1-3H3. The minimum atomic E-state index is -3.59. The zero-order chi connectivity index (χ0) is 15.1. The number of thiophene rings is 1. The fourth-order valence-corrected chi connectivity index (χ4v) is 5.38. The molecule has 4 nitrogen and oxygen atoms in total. The van der Waals surface area contributed by atoms with Crippen molar-refractivity contribution in [3.63, 3.8) is 0 Å². The van der Waals surface area contributed by atoms with Crippen LogP contribution in [0.5, 0.6) is 0 Å². The van der Waals surface area contributed by atoms with Crippen molar-refractivity contribution in [2.75, 3.05) is 10.5 Å². The summed E-state index contributed by atoms with van der Waals surface area (Å²) in [4.78, 5) is 1.04. The number of benzene rings is 1. The molecule has 0 fully saturated rings. The highest BCUT2D eigenvalue weighted by Gasteiger charge is 2.20. The molecule has 0 aliphatic rings. The van der Waals surface area contributed by atoms with Crippen LogP contribution in [-0.2, 0) is 10.0 Å². The Labute approximate surface area is 131 Å². The van der Waals surface area contributed by atoms with Crippen LogP contribution in [0, 0.1) is 20.8 Å². The summed E-state index contributed by atoms with van der Waals surface area (Å²) < 4.78 is 28.3. The second-order valence-electron chi connectivity index (χ2n) is 4.60. The Morgan fingerprint density at radius 3 is 2.35 bits per heavy atom. The summed E-state index contributed by atoms with van der Waals surface area (Å²) in [5.74, 6) is 0. The highest BCUT2D eigenvalue weighted by Crippen LogP contribution is 2.32. The van der Waals surface area contributed by atoms with Crippen LogP contribution in [0.3, 0.4) is 0 Å². The monoisotopic (exact) mass is 374 g/mol. The zero-order valence-electron chi connectivity index (χ0n) is 11.3. The summed E-state index contributed by atoms with van der Waals surface area (Å²) in [6.07, 6.45) is 0. The molecule has 0 saturated carbocycles. The molecule has 3 N–H and O–H groups in total. The van der Waals surface area contributed by atoms with E-state index in [4.69, 9.17) is 5.73 Å². The predicted molar refractivity (Wildman–Crippen MR) is 87.9 cm³/mol. The zero-order valence-corrected chi connectivity index (χ0v) is 14.5. The Bertz CT molecular complexity index is 767. The van der Waals surface area contributed by atoms with Crippen LogP contribution >= 0.6 is 27.3 Å². The first-order valence-electron chi connectivity index (χ1n) is 5.86. The number of aryl methyl sites for hydroxylation is 3. The van der Waals surface area contributed by atoms with Gasteiger partial charge in [0.2, 0.25) is 0 Å². The first-order valence-corrected chi connectivity index (χ1v) is 8.95. The van der Waals surface area contributed by atoms with Gasteiger partial charge in [0.15, 0.2) is 0 Å². The van der Waals surface area contributed by atoms with Crippen LogP contribution in [0.15, 0.2) is 26.9 Å². The van der Waals surface area contributed by atoms with Crippen LogP contribution in [0.1, 0.15) is 16.0 Å². The van der Waals surface area contributed by atoms with Crippen LogP contribution < -0.4 is 10.5 Å². The van der Waals surface area contributed by atoms with Gasteiger partial charge >= 0.3 is 0 Å². The Hall–Kier alpha value is -1.05. The molecule has 1 aromatic heterocycles. The summed E-state index contributed by atoms with van der Waals surface area (Å²) in [5.41, 5.74) is 8.66. The van der Waals surface area contributed by atoms with E-state index in [-0.39, 0.29) is 0 Å². The maximum absolute atomic E-state index is 12.4. The summed E-state index contributed by atoms with van der Waals surface area (Å²) in [6, 6.07) is 5.13. The van der Waals surface area contributed by atoms with E-state index in [0.717, 1.165) is 19.8 Å². The summed E-state index contributed by atoms with van der Waals surface area (Å²) >= 11 is 4.70. The maximum atomic E-state index is 12.4. The van der Waals surface area contributed by atoms with E-state index >= 15 is 0 Å². The van der Waals surface area contributed by atoms with Gasteiger partial charge in [-0.3, -0.25) is 4.72 Å². The van der Waals surface area contributed by atoms with Crippen LogP contribution in [0.25, 0.3) is 0 Å². The van der Waals surface area contributed by atoms with Gasteiger partial charge in [-0.2, -0.15) is 0 Å². The number of rotatable bonds is 3. The number of nitrogens with one attached hydrogen (secondary N) is 1. The summed E-state index contributed by atoms with van der Waals surface area (Å²) in [6.45, 7) is 5.45. The van der Waals surface area contributed by atoms with Crippen LogP contribution in [-0.4, -0.2) is 8.42 Å². The number of nitrogen functional groups attached to an aromatic ring is 1. The van der Waals surface area contributed by atoms with Crippen molar-refractivity contribution in [2.45, 2.75) is 25.7 Å². The van der Waals surface area contributed by atoms with Crippen LogP contribution in [0.2, 0.25) is 0 Å². The normalized spacial score (nSPS) is 11.6. The molecule has 2 rings (SSSR count). The van der Waals surface area contributed by atoms with E-state index in [1.807, 2.05) is 13.8 Å². The van der Waals surface area contributed by atoms with Crippen molar-refractivity contribution in [1.82, 2.24) is 0 Å². The lowest BCUT2D eigenvalue weighted by Crippen LogP contribution is -2.14. The van der Waals surface area contributed by atoms with Gasteiger partial charge in [-0.1, -0.05) is 0 Å². The number of hydrogen-bond acceptors (Lipinski definition) is 4. The van der Waals surface area contributed by atoms with Gasteiger partial charge in [0.25, 0.3) is 10.0 Å². The van der Waals surface area contributed by atoms with Crippen molar-refractivity contribution in [3.8, 4) is 0 Å². The van der Waals surface area contributed by atoms with Gasteiger partial charge in [-0.15, -0.1) is 11.3 Å². The van der Waals surface area contributed by atoms with Crippen molar-refractivity contribution >= 4 is 48.7 Å². The van der Waals surface area contributed by atoms with Gasteiger partial charge in [0.1, 0.15) is 4.90 Å². The molecule has 1 heterocycles. The van der Waals surface area contributed by atoms with E-state index in [9.17, 15) is 8.42 Å². The number of sulfonamides is 1. The third-order valence-corrected chi connectivity index (χ3v) is 6.16. The molecule has 1 aromatic carbocycles. The van der Waals surface area contributed by atoms with Gasteiger partial charge in [-0.05, 0) is 66.0 Å². The fraction of sp³-hybridized carbons (Fsp3) is 0.231. The molecule has 108 valence electrons. The van der Waals surface area contributed by atoms with E-state index in [1.165, 1.54) is 11.3 Å². The molecule has 0 spiro atoms. The quantitative estimate of drug-likeness (QED) is 0.802. The molecular weight excluding hydrogens is 360 g/mol. The minimum absolute atomic E-state index is 0.295. The first kappa shape index (κ1) is 15.3. The van der Waals surface area contributed by atoms with E-state index in [0.29, 0.717) is 16.3 Å². The molecule has 0 atom stereocenters. The predicted octanol–water partition coefficient (Wildman–Crippen LogP) is 3.82. The molecule has 0 bridgehead atoms. The molecule has 0 aliphatic heterocycles. The molecular formula is C13H15BrN2O2S2. The van der Waals surface area contributed by atoms with E-state index in [2.05, 4.69) is 20.7 Å². The molecule has 0 aliphatic carbocycles. The Morgan fingerprint density at radius 2 is 1.80 bits per heavy atom. The minimum Gasteiger partial charge on any atom is -0.399 e. The molecule has 0 unspecified atom stereocenters. The summed E-state index contributed by atoms with van der Waals surface area (Å²) in [5, 5.41) is 0. The smallest absolute Gasteiger partial charge is 0.263 e. The Morgan fingerprint density at radius 1 is 1.15 bits per heavy atom. The molecule has 0 saturated heterocycles. The van der Waals surface area contributed by atoms with Crippen molar-refractivity contribution in [3.05, 3.63) is 38.0 Å². The molecule has 2 aromatic rings. The average molecular weight is 375 g/mol. The molecule has 7 heteroatoms. The molecule has 20 heavy (non-hydrogen) atoms. The lowest BCUT2D eigenvalue weighted by molar-refractivity contribution is 0.601. The van der Waals surface area contributed by atoms with E-state index in [1.54, 1.807) is 25.1 Å². The lowest BCUT2D eigenvalue weighted by Gasteiger charge is -2.12. The number of anilines is 2. The topological polar surface area (TPSA) is 72.2 Å². The number of nitrogens with two attached hydrogens (primary N) is 1. The average Bonchev–Trinajstić information content (AvgIpc) is 2.66. The van der Waals surface area contributed by atoms with Crippen molar-refractivity contribution < 1.29 is 8.42 Å². The lowest BCUT2D eigenvalue weighted by atomic mass is 10.1. The van der Waals surface area contributed by atoms with Crippen molar-refractivity contribution in [1.29, 1.82) is 0 Å². The second kappa shape index (κ2) is 5.38. The highest BCUT2D eigenvalue weighted by molar-refractivity contribution is 9.11. The third-order valence-electron chi connectivity index (χ3n) is 2.99. The fourth-order valence-electron chi connectivity index (χ4n) is 1.85. The SMILES string of the molecule is Cc1cc(NS(=O)(=O)c2cc(Br)sc2C)c(C)cc1N. The molecule has 0 radical (unpaired) electrons. The molecule has 0 amide bonds. The van der Waals surface area contributed by atoms with Crippen LogP contribution in [0.4, 0.5) is 11.4 Å². The largest absolute Gasteiger partial charge is 0.399 e. The second-order valence-corrected chi connectivity index (χ2v) is 8.89. The number of hydrogen-bond donors (Lipinski definition) is 2. The Kier molecular flexibility index (Phi) is 4.13. The number of halogens is 1. The van der Waals surface area contributed by atoms with Gasteiger partial charge in [-0.25, -0.2) is 8.42 Å². The van der Waals surface area contributed by atoms with Gasteiger partial charge in [0, 0.05) is 10.6 Å². The van der Waals surface area contributed by atoms with Crippen molar-refractivity contribution in [2.24, 2.45) is 0 Å². The maximum Gasteiger partial charge on any atom is 0.263 e. The van der Waals surface area contributed by atoms with Gasteiger partial charge < -0.3 is 5.73 Å².